The quantitative estimate of drug-likeness (QED) is 0.665. The Labute approximate surface area is 195 Å². The maximum absolute atomic E-state index is 14.4. The number of sulfonamides is 1. The summed E-state index contributed by atoms with van der Waals surface area (Å²) < 4.78 is 59.5. The van der Waals surface area contributed by atoms with Gasteiger partial charge in [-0.25, -0.2) is 22.2 Å². The van der Waals surface area contributed by atoms with Crippen LogP contribution in [0.25, 0.3) is 0 Å². The lowest BCUT2D eigenvalue weighted by atomic mass is 10.1. The van der Waals surface area contributed by atoms with Crippen LogP contribution in [0.1, 0.15) is 18.4 Å². The molecule has 0 spiro atoms. The second-order valence-corrected chi connectivity index (χ2v) is 9.65. The zero-order chi connectivity index (χ0) is 24.3. The fraction of sp³-hybridized carbons (Fsp3) is 0.318. The van der Waals surface area contributed by atoms with Crippen LogP contribution in [0.4, 0.5) is 14.5 Å². The molecule has 0 unspecified atom stereocenters. The van der Waals surface area contributed by atoms with Crippen molar-refractivity contribution < 1.29 is 31.5 Å². The van der Waals surface area contributed by atoms with E-state index in [9.17, 15) is 26.8 Å². The number of ether oxygens (including phenoxy) is 1. The Balaban J connectivity index is 1.51. The average molecular weight is 493 g/mol. The number of halogens is 2. The first-order valence-electron chi connectivity index (χ1n) is 10.5. The van der Waals surface area contributed by atoms with E-state index in [1.807, 2.05) is 0 Å². The highest BCUT2D eigenvalue weighted by molar-refractivity contribution is 7.89. The standard InChI is InChI=1S/C22H22F2N4O5S/c23-16-3-1-15(2-4-16)14-28-21(29)8-7-19(26-28)22(30)25-17-5-6-18(24)20(13-17)34(31,32)27-9-11-33-12-10-27/h1-6,13H,7-12,14H2,(H,25,30). The Morgan fingerprint density at radius 1 is 1.06 bits per heavy atom. The fourth-order valence-electron chi connectivity index (χ4n) is 3.56. The monoisotopic (exact) mass is 492 g/mol. The van der Waals surface area contributed by atoms with Gasteiger partial charge in [0.25, 0.3) is 5.91 Å². The molecule has 180 valence electrons. The number of amides is 2. The zero-order valence-electron chi connectivity index (χ0n) is 18.0. The van der Waals surface area contributed by atoms with Crippen molar-refractivity contribution in [3.63, 3.8) is 0 Å². The summed E-state index contributed by atoms with van der Waals surface area (Å²) in [5, 5.41) is 7.78. The summed E-state index contributed by atoms with van der Waals surface area (Å²) in [6, 6.07) is 8.83. The number of carbonyl (C=O) groups is 2. The predicted octanol–water partition coefficient (Wildman–Crippen LogP) is 2.10. The van der Waals surface area contributed by atoms with Crippen molar-refractivity contribution >= 4 is 33.2 Å². The van der Waals surface area contributed by atoms with Crippen LogP contribution in [0.3, 0.4) is 0 Å². The number of rotatable bonds is 6. The van der Waals surface area contributed by atoms with Gasteiger partial charge in [-0.05, 0) is 35.9 Å². The van der Waals surface area contributed by atoms with E-state index in [-0.39, 0.29) is 63.0 Å². The minimum Gasteiger partial charge on any atom is -0.379 e. The van der Waals surface area contributed by atoms with Crippen LogP contribution in [-0.4, -0.2) is 61.6 Å². The number of hydrogen-bond donors (Lipinski definition) is 1. The van der Waals surface area contributed by atoms with Crippen LogP contribution >= 0.6 is 0 Å². The van der Waals surface area contributed by atoms with Gasteiger partial charge in [0.1, 0.15) is 22.2 Å². The van der Waals surface area contributed by atoms with Crippen molar-refractivity contribution in [2.75, 3.05) is 31.6 Å². The molecule has 0 radical (unpaired) electrons. The molecule has 1 N–H and O–H groups in total. The third kappa shape index (κ3) is 5.29. The smallest absolute Gasteiger partial charge is 0.271 e. The van der Waals surface area contributed by atoms with Crippen molar-refractivity contribution in [3.8, 4) is 0 Å². The third-order valence-corrected chi connectivity index (χ3v) is 7.30. The van der Waals surface area contributed by atoms with Gasteiger partial charge in [0.15, 0.2) is 0 Å². The molecule has 1 saturated heterocycles. The molecule has 2 aromatic rings. The largest absolute Gasteiger partial charge is 0.379 e. The molecule has 2 aromatic carbocycles. The minimum atomic E-state index is -4.11. The molecule has 2 aliphatic heterocycles. The van der Waals surface area contributed by atoms with Gasteiger partial charge in [0.05, 0.1) is 19.8 Å². The van der Waals surface area contributed by atoms with E-state index in [0.717, 1.165) is 21.4 Å². The number of morpholine rings is 1. The van der Waals surface area contributed by atoms with E-state index in [2.05, 4.69) is 10.4 Å². The van der Waals surface area contributed by atoms with Crippen LogP contribution in [0, 0.1) is 11.6 Å². The summed E-state index contributed by atoms with van der Waals surface area (Å²) in [6.07, 6.45) is 0.137. The van der Waals surface area contributed by atoms with Gasteiger partial charge in [-0.15, -0.1) is 0 Å². The molecule has 4 rings (SSSR count). The molecule has 0 bridgehead atoms. The molecular formula is C22H22F2N4O5S. The predicted molar refractivity (Wildman–Crippen MR) is 118 cm³/mol. The fourth-order valence-corrected chi connectivity index (χ4v) is 5.06. The Hall–Kier alpha value is -3.22. The topological polar surface area (TPSA) is 108 Å². The summed E-state index contributed by atoms with van der Waals surface area (Å²) in [7, 11) is -4.11. The van der Waals surface area contributed by atoms with E-state index in [0.29, 0.717) is 5.56 Å². The van der Waals surface area contributed by atoms with E-state index in [1.165, 1.54) is 30.3 Å². The molecule has 2 heterocycles. The first kappa shape index (κ1) is 23.9. The molecule has 0 saturated carbocycles. The highest BCUT2D eigenvalue weighted by Crippen LogP contribution is 2.24. The van der Waals surface area contributed by atoms with E-state index >= 15 is 0 Å². The van der Waals surface area contributed by atoms with Crippen LogP contribution in [-0.2, 0) is 30.9 Å². The molecule has 2 amide bonds. The maximum Gasteiger partial charge on any atom is 0.271 e. The lowest BCUT2D eigenvalue weighted by Crippen LogP contribution is -2.41. The first-order chi connectivity index (χ1) is 16.2. The average Bonchev–Trinajstić information content (AvgIpc) is 2.83. The Morgan fingerprint density at radius 3 is 2.47 bits per heavy atom. The molecule has 0 aliphatic carbocycles. The molecule has 34 heavy (non-hydrogen) atoms. The summed E-state index contributed by atoms with van der Waals surface area (Å²) >= 11 is 0. The summed E-state index contributed by atoms with van der Waals surface area (Å²) in [6.45, 7) is 0.697. The number of nitrogens with zero attached hydrogens (tertiary/aromatic N) is 3. The number of hydrazone groups is 1. The second-order valence-electron chi connectivity index (χ2n) is 7.74. The van der Waals surface area contributed by atoms with E-state index in [4.69, 9.17) is 4.74 Å². The number of hydrogen-bond acceptors (Lipinski definition) is 6. The number of nitrogens with one attached hydrogen (secondary N) is 1. The molecule has 0 atom stereocenters. The third-order valence-electron chi connectivity index (χ3n) is 5.39. The summed E-state index contributed by atoms with van der Waals surface area (Å²) in [5.41, 5.74) is 0.767. The normalized spacial score (nSPS) is 17.4. The van der Waals surface area contributed by atoms with Crippen molar-refractivity contribution in [2.45, 2.75) is 24.3 Å². The maximum atomic E-state index is 14.4. The Kier molecular flexibility index (Phi) is 7.00. The van der Waals surface area contributed by atoms with E-state index < -0.39 is 32.5 Å². The number of carbonyl (C=O) groups excluding carboxylic acids is 2. The van der Waals surface area contributed by atoms with Gasteiger partial charge >= 0.3 is 0 Å². The van der Waals surface area contributed by atoms with Gasteiger partial charge in [0.2, 0.25) is 15.9 Å². The molecule has 12 heteroatoms. The zero-order valence-corrected chi connectivity index (χ0v) is 18.9. The van der Waals surface area contributed by atoms with Crippen molar-refractivity contribution in [1.29, 1.82) is 0 Å². The van der Waals surface area contributed by atoms with Crippen molar-refractivity contribution in [3.05, 3.63) is 59.7 Å². The highest BCUT2D eigenvalue weighted by atomic mass is 32.2. The van der Waals surface area contributed by atoms with Crippen LogP contribution in [0.15, 0.2) is 52.5 Å². The molecule has 2 aliphatic rings. The lowest BCUT2D eigenvalue weighted by Gasteiger charge is -2.26. The lowest BCUT2D eigenvalue weighted by molar-refractivity contribution is -0.132. The van der Waals surface area contributed by atoms with Crippen LogP contribution < -0.4 is 5.32 Å². The van der Waals surface area contributed by atoms with Gasteiger partial charge < -0.3 is 10.1 Å². The summed E-state index contributed by atoms with van der Waals surface area (Å²) in [5.74, 6) is -2.28. The molecule has 1 fully saturated rings. The van der Waals surface area contributed by atoms with Crippen LogP contribution in [0.5, 0.6) is 0 Å². The van der Waals surface area contributed by atoms with Gasteiger partial charge in [-0.1, -0.05) is 12.1 Å². The van der Waals surface area contributed by atoms with E-state index in [1.54, 1.807) is 0 Å². The SMILES string of the molecule is O=C(Nc1ccc(F)c(S(=O)(=O)N2CCOCC2)c1)C1=NN(Cc2ccc(F)cc2)C(=O)CC1. The number of benzene rings is 2. The first-order valence-corrected chi connectivity index (χ1v) is 12.0. The van der Waals surface area contributed by atoms with Crippen molar-refractivity contribution in [1.82, 2.24) is 9.31 Å². The Bertz CT molecular complexity index is 1230. The molecular weight excluding hydrogens is 470 g/mol. The number of anilines is 1. The molecule has 9 nitrogen and oxygen atoms in total. The Morgan fingerprint density at radius 2 is 1.76 bits per heavy atom. The van der Waals surface area contributed by atoms with Gasteiger partial charge in [0, 0.05) is 31.6 Å². The van der Waals surface area contributed by atoms with Crippen LogP contribution in [0.2, 0.25) is 0 Å². The van der Waals surface area contributed by atoms with Gasteiger partial charge in [-0.3, -0.25) is 9.59 Å². The second kappa shape index (κ2) is 9.95. The van der Waals surface area contributed by atoms with Crippen molar-refractivity contribution in [2.24, 2.45) is 5.10 Å². The molecule has 0 aromatic heterocycles. The summed E-state index contributed by atoms with van der Waals surface area (Å²) in [4.78, 5) is 24.4. The minimum absolute atomic E-state index is 0.0491. The van der Waals surface area contributed by atoms with Gasteiger partial charge in [-0.2, -0.15) is 9.41 Å². The highest BCUT2D eigenvalue weighted by Gasteiger charge is 2.30.